The Bertz CT molecular complexity index is 303. The van der Waals surface area contributed by atoms with Crippen LogP contribution in [0.25, 0.3) is 0 Å². The molecule has 0 aliphatic carbocycles. The van der Waals surface area contributed by atoms with Crippen LogP contribution < -0.4 is 0 Å². The molecule has 0 saturated heterocycles. The van der Waals surface area contributed by atoms with Crippen molar-refractivity contribution >= 4 is 0 Å². The fraction of sp³-hybridized carbons (Fsp3) is 0.571. The Morgan fingerprint density at radius 2 is 1.43 bits per heavy atom. The van der Waals surface area contributed by atoms with Gasteiger partial charge in [-0.25, -0.2) is 0 Å². The van der Waals surface area contributed by atoms with Crippen molar-refractivity contribution in [3.63, 3.8) is 0 Å². The van der Waals surface area contributed by atoms with E-state index in [9.17, 15) is 0 Å². The standard InChI is InChI=1S/C14H22/c1-7-12-8-10(2)13(11(3)9-12)14(4,5)6/h8-9H,7H2,1-6H3. The lowest BCUT2D eigenvalue weighted by molar-refractivity contribution is 0.581. The fourth-order valence-electron chi connectivity index (χ4n) is 2.44. The minimum absolute atomic E-state index is 0.264. The lowest BCUT2D eigenvalue weighted by Crippen LogP contribution is -2.15. The molecule has 0 saturated carbocycles. The molecule has 0 amide bonds. The summed E-state index contributed by atoms with van der Waals surface area (Å²) < 4.78 is 0. The Balaban J connectivity index is 3.33. The highest BCUT2D eigenvalue weighted by atomic mass is 14.2. The lowest BCUT2D eigenvalue weighted by Gasteiger charge is -2.25. The molecule has 0 nitrogen and oxygen atoms in total. The second-order valence-corrected chi connectivity index (χ2v) is 5.21. The van der Waals surface area contributed by atoms with Crippen LogP contribution in [0.2, 0.25) is 0 Å². The zero-order valence-electron chi connectivity index (χ0n) is 10.4. The van der Waals surface area contributed by atoms with Crippen LogP contribution in [0.1, 0.15) is 49.9 Å². The van der Waals surface area contributed by atoms with Gasteiger partial charge in [0, 0.05) is 0 Å². The van der Waals surface area contributed by atoms with Crippen LogP contribution in [-0.2, 0) is 11.8 Å². The van der Waals surface area contributed by atoms with Gasteiger partial charge in [0.1, 0.15) is 0 Å². The summed E-state index contributed by atoms with van der Waals surface area (Å²) in [6.07, 6.45) is 1.13. The van der Waals surface area contributed by atoms with Crippen LogP contribution in [0.3, 0.4) is 0 Å². The van der Waals surface area contributed by atoms with Crippen molar-refractivity contribution in [1.82, 2.24) is 0 Å². The molecule has 0 spiro atoms. The summed E-state index contributed by atoms with van der Waals surface area (Å²) in [5.41, 5.74) is 6.10. The largest absolute Gasteiger partial charge is 0.0613 e. The highest BCUT2D eigenvalue weighted by molar-refractivity contribution is 5.42. The van der Waals surface area contributed by atoms with Crippen LogP contribution in [0.15, 0.2) is 12.1 Å². The van der Waals surface area contributed by atoms with E-state index in [2.05, 4.69) is 53.7 Å². The fourth-order valence-corrected chi connectivity index (χ4v) is 2.44. The maximum absolute atomic E-state index is 2.33. The number of rotatable bonds is 1. The number of aryl methyl sites for hydroxylation is 3. The van der Waals surface area contributed by atoms with Gasteiger partial charge in [-0.3, -0.25) is 0 Å². The smallest absolute Gasteiger partial charge is 0.0127 e. The van der Waals surface area contributed by atoms with Crippen molar-refractivity contribution in [2.45, 2.75) is 53.4 Å². The third-order valence-electron chi connectivity index (χ3n) is 2.75. The zero-order chi connectivity index (χ0) is 10.9. The Kier molecular flexibility index (Phi) is 3.04. The van der Waals surface area contributed by atoms with Gasteiger partial charge in [0.15, 0.2) is 0 Å². The second-order valence-electron chi connectivity index (χ2n) is 5.21. The molecule has 1 aromatic carbocycles. The van der Waals surface area contributed by atoms with Crippen molar-refractivity contribution in [2.75, 3.05) is 0 Å². The highest BCUT2D eigenvalue weighted by Crippen LogP contribution is 2.29. The summed E-state index contributed by atoms with van der Waals surface area (Å²) >= 11 is 0. The molecule has 0 heteroatoms. The molecular weight excluding hydrogens is 168 g/mol. The predicted molar refractivity (Wildman–Crippen MR) is 64.0 cm³/mol. The van der Waals surface area contributed by atoms with E-state index in [-0.39, 0.29) is 5.41 Å². The van der Waals surface area contributed by atoms with Gasteiger partial charge < -0.3 is 0 Å². The first-order valence-electron chi connectivity index (χ1n) is 5.47. The number of hydrogen-bond acceptors (Lipinski definition) is 0. The summed E-state index contributed by atoms with van der Waals surface area (Å²) in [5, 5.41) is 0. The van der Waals surface area contributed by atoms with E-state index in [0.29, 0.717) is 0 Å². The van der Waals surface area contributed by atoms with Crippen LogP contribution in [0, 0.1) is 13.8 Å². The summed E-state index contributed by atoms with van der Waals surface area (Å²) in [4.78, 5) is 0. The summed E-state index contributed by atoms with van der Waals surface area (Å²) in [5.74, 6) is 0. The van der Waals surface area contributed by atoms with Crippen molar-refractivity contribution < 1.29 is 0 Å². The molecule has 0 heterocycles. The van der Waals surface area contributed by atoms with E-state index in [1.165, 1.54) is 22.3 Å². The first kappa shape index (κ1) is 11.3. The number of benzene rings is 1. The molecule has 0 atom stereocenters. The quantitative estimate of drug-likeness (QED) is 0.623. The minimum Gasteiger partial charge on any atom is -0.0613 e. The Hall–Kier alpha value is -0.780. The first-order valence-corrected chi connectivity index (χ1v) is 5.47. The molecule has 0 unspecified atom stereocenters. The molecule has 0 aromatic heterocycles. The Morgan fingerprint density at radius 1 is 1.00 bits per heavy atom. The first-order chi connectivity index (χ1) is 6.36. The predicted octanol–water partition coefficient (Wildman–Crippen LogP) is 4.16. The molecule has 1 aromatic rings. The molecule has 0 bridgehead atoms. The van der Waals surface area contributed by atoms with E-state index < -0.39 is 0 Å². The molecule has 0 N–H and O–H groups in total. The van der Waals surface area contributed by atoms with E-state index in [1.54, 1.807) is 0 Å². The van der Waals surface area contributed by atoms with Gasteiger partial charge in [0.2, 0.25) is 0 Å². The molecule has 78 valence electrons. The summed E-state index contributed by atoms with van der Waals surface area (Å²) in [6.45, 7) is 13.5. The second kappa shape index (κ2) is 3.76. The van der Waals surface area contributed by atoms with E-state index >= 15 is 0 Å². The average Bonchev–Trinajstić information content (AvgIpc) is 1.99. The van der Waals surface area contributed by atoms with Crippen LogP contribution in [0.4, 0.5) is 0 Å². The topological polar surface area (TPSA) is 0 Å². The van der Waals surface area contributed by atoms with Crippen molar-refractivity contribution in [3.8, 4) is 0 Å². The van der Waals surface area contributed by atoms with Crippen LogP contribution in [-0.4, -0.2) is 0 Å². The SMILES string of the molecule is CCc1cc(C)c(C(C)(C)C)c(C)c1. The summed E-state index contributed by atoms with van der Waals surface area (Å²) in [6, 6.07) is 4.65. The van der Waals surface area contributed by atoms with Gasteiger partial charge in [0.25, 0.3) is 0 Å². The molecule has 0 aliphatic heterocycles. The van der Waals surface area contributed by atoms with E-state index in [4.69, 9.17) is 0 Å². The van der Waals surface area contributed by atoms with Crippen molar-refractivity contribution in [3.05, 3.63) is 34.4 Å². The van der Waals surface area contributed by atoms with Crippen LogP contribution >= 0.6 is 0 Å². The average molecular weight is 190 g/mol. The third kappa shape index (κ3) is 2.17. The molecular formula is C14H22. The zero-order valence-corrected chi connectivity index (χ0v) is 10.4. The maximum Gasteiger partial charge on any atom is -0.0127 e. The summed E-state index contributed by atoms with van der Waals surface area (Å²) in [7, 11) is 0. The lowest BCUT2D eigenvalue weighted by atomic mass is 9.80. The molecule has 1 rings (SSSR count). The third-order valence-corrected chi connectivity index (χ3v) is 2.75. The highest BCUT2D eigenvalue weighted by Gasteiger charge is 2.18. The molecule has 0 radical (unpaired) electrons. The molecule has 0 aliphatic rings. The van der Waals surface area contributed by atoms with Gasteiger partial charge >= 0.3 is 0 Å². The van der Waals surface area contributed by atoms with Gasteiger partial charge in [-0.2, -0.15) is 0 Å². The van der Waals surface area contributed by atoms with Crippen LogP contribution in [0.5, 0.6) is 0 Å². The Labute approximate surface area is 88.4 Å². The van der Waals surface area contributed by atoms with E-state index in [0.717, 1.165) is 6.42 Å². The normalized spacial score (nSPS) is 11.9. The molecule has 14 heavy (non-hydrogen) atoms. The Morgan fingerprint density at radius 3 is 1.71 bits per heavy atom. The van der Waals surface area contributed by atoms with Gasteiger partial charge in [-0.15, -0.1) is 0 Å². The number of hydrogen-bond donors (Lipinski definition) is 0. The van der Waals surface area contributed by atoms with Crippen molar-refractivity contribution in [2.24, 2.45) is 0 Å². The minimum atomic E-state index is 0.264. The van der Waals surface area contributed by atoms with E-state index in [1.807, 2.05) is 0 Å². The van der Waals surface area contributed by atoms with Gasteiger partial charge in [-0.1, -0.05) is 39.8 Å². The van der Waals surface area contributed by atoms with Crippen molar-refractivity contribution in [1.29, 1.82) is 0 Å². The molecule has 0 fully saturated rings. The van der Waals surface area contributed by atoms with Gasteiger partial charge in [0.05, 0.1) is 0 Å². The maximum atomic E-state index is 2.33. The van der Waals surface area contributed by atoms with Gasteiger partial charge in [-0.05, 0) is 47.9 Å². The monoisotopic (exact) mass is 190 g/mol.